The Morgan fingerprint density at radius 2 is 2.21 bits per heavy atom. The van der Waals surface area contributed by atoms with E-state index in [0.29, 0.717) is 11.3 Å². The summed E-state index contributed by atoms with van der Waals surface area (Å²) in [6.07, 6.45) is 12.6. The van der Waals surface area contributed by atoms with E-state index < -0.39 is 0 Å². The molecule has 1 spiro atoms. The summed E-state index contributed by atoms with van der Waals surface area (Å²) < 4.78 is 5.19. The van der Waals surface area contributed by atoms with E-state index in [1.807, 2.05) is 6.07 Å². The lowest BCUT2D eigenvalue weighted by atomic mass is 9.71. The molecular weight excluding hydrogens is 238 g/mol. The molecule has 1 aliphatic carbocycles. The largest absolute Gasteiger partial charge is 0.481 e. The first-order valence-electron chi connectivity index (χ1n) is 7.07. The quantitative estimate of drug-likeness (QED) is 0.765. The molecule has 0 bridgehead atoms. The van der Waals surface area contributed by atoms with Crippen molar-refractivity contribution in [2.75, 3.05) is 25.1 Å². The number of rotatable bonds is 2. The highest BCUT2D eigenvalue weighted by molar-refractivity contribution is 5.41. The topological polar surface area (TPSA) is 38.2 Å². The van der Waals surface area contributed by atoms with Gasteiger partial charge in [-0.05, 0) is 37.5 Å². The van der Waals surface area contributed by atoms with Gasteiger partial charge in [0.2, 0.25) is 5.88 Å². The molecule has 0 aromatic carbocycles. The molecule has 19 heavy (non-hydrogen) atoms. The first-order chi connectivity index (χ1) is 9.31. The maximum atomic E-state index is 5.19. The summed E-state index contributed by atoms with van der Waals surface area (Å²) in [6.45, 7) is 2.20. The van der Waals surface area contributed by atoms with E-state index in [4.69, 9.17) is 4.74 Å². The Morgan fingerprint density at radius 1 is 1.26 bits per heavy atom. The minimum Gasteiger partial charge on any atom is -0.481 e. The Balaban J connectivity index is 1.79. The minimum atomic E-state index is 0.463. The molecule has 0 amide bonds. The molecule has 2 heterocycles. The maximum Gasteiger partial charge on any atom is 0.218 e. The fourth-order valence-electron chi connectivity index (χ4n) is 3.33. The van der Waals surface area contributed by atoms with Crippen molar-refractivity contribution < 1.29 is 4.74 Å². The summed E-state index contributed by atoms with van der Waals surface area (Å²) in [5, 5.41) is 0. The van der Waals surface area contributed by atoms with Crippen molar-refractivity contribution in [2.24, 2.45) is 5.41 Å². The van der Waals surface area contributed by atoms with Crippen LogP contribution in [0.1, 0.15) is 32.1 Å². The fraction of sp³-hybridized carbons (Fsp3) is 0.600. The first-order valence-corrected chi connectivity index (χ1v) is 7.07. The summed E-state index contributed by atoms with van der Waals surface area (Å²) in [5.41, 5.74) is 0.463. The van der Waals surface area contributed by atoms with Gasteiger partial charge >= 0.3 is 0 Å². The summed E-state index contributed by atoms with van der Waals surface area (Å²) in [4.78, 5) is 10.9. The standard InChI is InChI=1S/C15H21N3O/c1-19-14-10-13(16-12-17-14)18-9-5-8-15(11-18)6-3-2-4-7-15/h2-3,10,12H,4-9,11H2,1H3/t15-/m0/s1. The second kappa shape index (κ2) is 5.19. The number of methoxy groups -OCH3 is 1. The van der Waals surface area contributed by atoms with Crippen LogP contribution in [0.15, 0.2) is 24.5 Å². The van der Waals surface area contributed by atoms with Gasteiger partial charge in [-0.1, -0.05) is 12.2 Å². The van der Waals surface area contributed by atoms with E-state index in [2.05, 4.69) is 27.0 Å². The van der Waals surface area contributed by atoms with Crippen LogP contribution in [0, 0.1) is 5.41 Å². The minimum absolute atomic E-state index is 0.463. The number of nitrogens with zero attached hydrogens (tertiary/aromatic N) is 3. The van der Waals surface area contributed by atoms with Crippen LogP contribution in [0.5, 0.6) is 5.88 Å². The maximum absolute atomic E-state index is 5.19. The molecular formula is C15H21N3O. The van der Waals surface area contributed by atoms with Gasteiger partial charge in [0.15, 0.2) is 0 Å². The van der Waals surface area contributed by atoms with Crippen LogP contribution in [0.25, 0.3) is 0 Å². The molecule has 4 nitrogen and oxygen atoms in total. The molecule has 1 fully saturated rings. The average molecular weight is 259 g/mol. The molecule has 102 valence electrons. The van der Waals surface area contributed by atoms with Crippen molar-refractivity contribution in [1.82, 2.24) is 9.97 Å². The van der Waals surface area contributed by atoms with Gasteiger partial charge in [-0.15, -0.1) is 0 Å². The third-order valence-corrected chi connectivity index (χ3v) is 4.38. The molecule has 0 N–H and O–H groups in total. The molecule has 1 atom stereocenters. The third-order valence-electron chi connectivity index (χ3n) is 4.38. The third kappa shape index (κ3) is 2.57. The van der Waals surface area contributed by atoms with Crippen LogP contribution < -0.4 is 9.64 Å². The molecule has 0 radical (unpaired) electrons. The van der Waals surface area contributed by atoms with Crippen molar-refractivity contribution in [3.63, 3.8) is 0 Å². The lowest BCUT2D eigenvalue weighted by molar-refractivity contribution is 0.209. The zero-order valence-corrected chi connectivity index (χ0v) is 11.5. The Kier molecular flexibility index (Phi) is 3.40. The van der Waals surface area contributed by atoms with Crippen LogP contribution in [0.4, 0.5) is 5.82 Å². The second-order valence-corrected chi connectivity index (χ2v) is 5.66. The number of ether oxygens (including phenoxy) is 1. The fourth-order valence-corrected chi connectivity index (χ4v) is 3.33. The number of anilines is 1. The SMILES string of the molecule is COc1cc(N2CCC[C@@]3(CC=CCC3)C2)ncn1. The normalized spacial score (nSPS) is 26.7. The molecule has 1 aromatic heterocycles. The summed E-state index contributed by atoms with van der Waals surface area (Å²) in [5.74, 6) is 1.65. The second-order valence-electron chi connectivity index (χ2n) is 5.66. The summed E-state index contributed by atoms with van der Waals surface area (Å²) in [6, 6.07) is 1.94. The van der Waals surface area contributed by atoms with E-state index >= 15 is 0 Å². The van der Waals surface area contributed by atoms with Gasteiger partial charge in [0.25, 0.3) is 0 Å². The van der Waals surface area contributed by atoms with Crippen molar-refractivity contribution >= 4 is 5.82 Å². The van der Waals surface area contributed by atoms with E-state index in [0.717, 1.165) is 18.9 Å². The highest BCUT2D eigenvalue weighted by Gasteiger charge is 2.35. The monoisotopic (exact) mass is 259 g/mol. The molecule has 1 aliphatic heterocycles. The highest BCUT2D eigenvalue weighted by Crippen LogP contribution is 2.41. The molecule has 2 aliphatic rings. The van der Waals surface area contributed by atoms with Gasteiger partial charge < -0.3 is 9.64 Å². The lowest BCUT2D eigenvalue weighted by Gasteiger charge is -2.44. The van der Waals surface area contributed by atoms with E-state index in [1.54, 1.807) is 13.4 Å². The van der Waals surface area contributed by atoms with Gasteiger partial charge in [0, 0.05) is 19.2 Å². The Labute approximate surface area is 114 Å². The zero-order valence-electron chi connectivity index (χ0n) is 11.5. The van der Waals surface area contributed by atoms with Crippen LogP contribution in [0.2, 0.25) is 0 Å². The van der Waals surface area contributed by atoms with Gasteiger partial charge in [-0.2, -0.15) is 0 Å². The van der Waals surface area contributed by atoms with Gasteiger partial charge in [-0.3, -0.25) is 0 Å². The molecule has 1 saturated heterocycles. The van der Waals surface area contributed by atoms with Crippen molar-refractivity contribution in [3.8, 4) is 5.88 Å². The Hall–Kier alpha value is -1.58. The number of hydrogen-bond donors (Lipinski definition) is 0. The summed E-state index contributed by atoms with van der Waals surface area (Å²) >= 11 is 0. The highest BCUT2D eigenvalue weighted by atomic mass is 16.5. The van der Waals surface area contributed by atoms with E-state index in [-0.39, 0.29) is 0 Å². The lowest BCUT2D eigenvalue weighted by Crippen LogP contribution is -2.44. The van der Waals surface area contributed by atoms with Gasteiger partial charge in [0.1, 0.15) is 12.1 Å². The molecule has 0 unspecified atom stereocenters. The number of piperidine rings is 1. The van der Waals surface area contributed by atoms with E-state index in [9.17, 15) is 0 Å². The van der Waals surface area contributed by atoms with Crippen molar-refractivity contribution in [3.05, 3.63) is 24.5 Å². The molecule has 1 aromatic rings. The first kappa shape index (κ1) is 12.5. The number of aromatic nitrogens is 2. The van der Waals surface area contributed by atoms with Crippen molar-refractivity contribution in [2.45, 2.75) is 32.1 Å². The smallest absolute Gasteiger partial charge is 0.218 e. The average Bonchev–Trinajstić information content (AvgIpc) is 2.48. The van der Waals surface area contributed by atoms with Crippen LogP contribution in [-0.2, 0) is 0 Å². The molecule has 4 heteroatoms. The number of allylic oxidation sites excluding steroid dienone is 2. The zero-order chi connectivity index (χ0) is 13.1. The van der Waals surface area contributed by atoms with Crippen LogP contribution in [-0.4, -0.2) is 30.2 Å². The van der Waals surface area contributed by atoms with Gasteiger partial charge in [-0.25, -0.2) is 9.97 Å². The van der Waals surface area contributed by atoms with E-state index in [1.165, 1.54) is 32.1 Å². The predicted molar refractivity (Wildman–Crippen MR) is 75.5 cm³/mol. The van der Waals surface area contributed by atoms with Crippen LogP contribution in [0.3, 0.4) is 0 Å². The van der Waals surface area contributed by atoms with Crippen LogP contribution >= 0.6 is 0 Å². The molecule has 3 rings (SSSR count). The Morgan fingerprint density at radius 3 is 3.00 bits per heavy atom. The predicted octanol–water partition coefficient (Wildman–Crippen LogP) is 2.81. The Bertz CT molecular complexity index is 474. The number of hydrogen-bond acceptors (Lipinski definition) is 4. The summed E-state index contributed by atoms with van der Waals surface area (Å²) in [7, 11) is 1.65. The van der Waals surface area contributed by atoms with Gasteiger partial charge in [0.05, 0.1) is 7.11 Å². The molecule has 0 saturated carbocycles. The van der Waals surface area contributed by atoms with Crippen molar-refractivity contribution in [1.29, 1.82) is 0 Å².